The van der Waals surface area contributed by atoms with Gasteiger partial charge in [0.15, 0.2) is 0 Å². The monoisotopic (exact) mass is 691 g/mol. The highest BCUT2D eigenvalue weighted by Gasteiger charge is 2.26. The number of nitrogens with zero attached hydrogens (tertiary/aromatic N) is 3. The fraction of sp³-hybridized carbons (Fsp3) is 0.306. The number of halogens is 2. The first-order valence-corrected chi connectivity index (χ1v) is 16.8. The molecule has 2 heterocycles. The average Bonchev–Trinajstić information content (AvgIpc) is 3.46. The zero-order valence-corrected chi connectivity index (χ0v) is 28.6. The van der Waals surface area contributed by atoms with Crippen molar-refractivity contribution in [3.63, 3.8) is 0 Å². The van der Waals surface area contributed by atoms with Gasteiger partial charge in [-0.05, 0) is 75.3 Å². The van der Waals surface area contributed by atoms with E-state index in [9.17, 15) is 14.4 Å². The Kier molecular flexibility index (Phi) is 11.7. The van der Waals surface area contributed by atoms with Crippen molar-refractivity contribution in [2.75, 3.05) is 38.7 Å². The van der Waals surface area contributed by atoms with Crippen LogP contribution in [0.1, 0.15) is 31.9 Å². The molecule has 2 N–H and O–H groups in total. The van der Waals surface area contributed by atoms with Crippen LogP contribution < -0.4 is 21.9 Å². The second-order valence-corrected chi connectivity index (χ2v) is 12.3. The molecule has 49 heavy (non-hydrogen) atoms. The number of carbonyl (C=O) groups is 1. The number of thiophene rings is 1. The number of ether oxygens (including phenoxy) is 2. The van der Waals surface area contributed by atoms with E-state index in [-0.39, 0.29) is 34.6 Å². The highest BCUT2D eigenvalue weighted by Crippen LogP contribution is 2.39. The van der Waals surface area contributed by atoms with Gasteiger partial charge in [-0.1, -0.05) is 36.4 Å². The Morgan fingerprint density at radius 1 is 0.939 bits per heavy atom. The van der Waals surface area contributed by atoms with E-state index in [0.29, 0.717) is 48.2 Å². The van der Waals surface area contributed by atoms with E-state index in [2.05, 4.69) is 10.6 Å². The molecule has 1 atom stereocenters. The van der Waals surface area contributed by atoms with Crippen LogP contribution in [0.5, 0.6) is 0 Å². The zero-order valence-electron chi connectivity index (χ0n) is 27.8. The lowest BCUT2D eigenvalue weighted by atomic mass is 10.1. The number of amides is 2. The van der Waals surface area contributed by atoms with Crippen molar-refractivity contribution in [2.45, 2.75) is 40.1 Å². The van der Waals surface area contributed by atoms with E-state index in [4.69, 9.17) is 9.47 Å². The molecule has 5 aromatic rings. The van der Waals surface area contributed by atoms with Crippen molar-refractivity contribution in [3.05, 3.63) is 116 Å². The lowest BCUT2D eigenvalue weighted by Gasteiger charge is -2.25. The predicted molar refractivity (Wildman–Crippen MR) is 189 cm³/mol. The highest BCUT2D eigenvalue weighted by atomic mass is 32.1. The van der Waals surface area contributed by atoms with Gasteiger partial charge >= 0.3 is 11.7 Å². The SMILES string of the molecule is CCNC(=O)Nc1ccc(-c2sc3c(c2CN(C)C(C)OCCOCC)c(=O)n(-c2ccccc2)c(=O)n3Cc2c(F)cccc2F)cc1. The number of anilines is 1. The largest absolute Gasteiger partial charge is 0.379 e. The van der Waals surface area contributed by atoms with Gasteiger partial charge < -0.3 is 20.1 Å². The Balaban J connectivity index is 1.73. The summed E-state index contributed by atoms with van der Waals surface area (Å²) in [5, 5.41) is 5.71. The second kappa shape index (κ2) is 16.1. The first kappa shape index (κ1) is 35.6. The summed E-state index contributed by atoms with van der Waals surface area (Å²) < 4.78 is 43.8. The molecule has 0 bridgehead atoms. The van der Waals surface area contributed by atoms with E-state index in [0.717, 1.165) is 22.3 Å². The molecule has 1 unspecified atom stereocenters. The van der Waals surface area contributed by atoms with Gasteiger partial charge in [-0.3, -0.25) is 14.3 Å². The summed E-state index contributed by atoms with van der Waals surface area (Å²) in [5.74, 6) is -1.61. The maximum atomic E-state index is 15.0. The van der Waals surface area contributed by atoms with Crippen LogP contribution in [0, 0.1) is 11.6 Å². The molecule has 5 rings (SSSR count). The van der Waals surface area contributed by atoms with Crippen LogP contribution in [-0.2, 0) is 22.6 Å². The zero-order chi connectivity index (χ0) is 35.1. The van der Waals surface area contributed by atoms with Gasteiger partial charge in [-0.25, -0.2) is 22.9 Å². The third-order valence-corrected chi connectivity index (χ3v) is 9.33. The summed E-state index contributed by atoms with van der Waals surface area (Å²) in [6.07, 6.45) is -0.373. The first-order chi connectivity index (χ1) is 23.6. The maximum Gasteiger partial charge on any atom is 0.337 e. The van der Waals surface area contributed by atoms with Crippen molar-refractivity contribution in [1.29, 1.82) is 0 Å². The molecule has 258 valence electrons. The molecular weight excluding hydrogens is 652 g/mol. The van der Waals surface area contributed by atoms with Gasteiger partial charge in [-0.2, -0.15) is 0 Å². The van der Waals surface area contributed by atoms with Crippen LogP contribution in [-0.4, -0.2) is 59.7 Å². The standard InChI is InChI=1S/C36H39F2N5O5S/c1-5-39-35(45)40-25-17-15-24(16-18-25)32-28(21-41(4)23(3)48-20-19-47-6-2)31-33(44)43(26-11-8-7-9-12-26)36(46)42(34(31)49-32)22-27-29(37)13-10-14-30(27)38/h7-18,23H,5-6,19-22H2,1-4H3,(H2,39,40,45). The van der Waals surface area contributed by atoms with Gasteiger partial charge in [0.2, 0.25) is 0 Å². The van der Waals surface area contributed by atoms with Gasteiger partial charge in [0, 0.05) is 35.8 Å². The summed E-state index contributed by atoms with van der Waals surface area (Å²) in [6, 6.07) is 18.7. The second-order valence-electron chi connectivity index (χ2n) is 11.3. The number of hydrogen-bond acceptors (Lipinski definition) is 7. The van der Waals surface area contributed by atoms with E-state index in [1.807, 2.05) is 44.9 Å². The number of para-hydroxylation sites is 1. The Bertz CT molecular complexity index is 2010. The highest BCUT2D eigenvalue weighted by molar-refractivity contribution is 7.22. The van der Waals surface area contributed by atoms with Crippen molar-refractivity contribution in [2.24, 2.45) is 0 Å². The topological polar surface area (TPSA) is 107 Å². The minimum atomic E-state index is -0.803. The van der Waals surface area contributed by atoms with Gasteiger partial charge in [-0.15, -0.1) is 11.3 Å². The number of rotatable bonds is 14. The lowest BCUT2D eigenvalue weighted by molar-refractivity contribution is -0.0583. The van der Waals surface area contributed by atoms with Crippen molar-refractivity contribution < 1.29 is 23.0 Å². The number of benzene rings is 3. The maximum absolute atomic E-state index is 15.0. The molecule has 2 aromatic heterocycles. The number of fused-ring (bicyclic) bond motifs is 1. The third kappa shape index (κ3) is 7.97. The number of hydrogen-bond donors (Lipinski definition) is 2. The molecule has 0 fully saturated rings. The van der Waals surface area contributed by atoms with Crippen LogP contribution in [0.4, 0.5) is 19.3 Å². The summed E-state index contributed by atoms with van der Waals surface area (Å²) in [4.78, 5) is 43.7. The number of carbonyl (C=O) groups excluding carboxylic acids is 1. The summed E-state index contributed by atoms with van der Waals surface area (Å²) >= 11 is 1.19. The van der Waals surface area contributed by atoms with Gasteiger partial charge in [0.05, 0.1) is 30.8 Å². The van der Waals surface area contributed by atoms with Crippen molar-refractivity contribution in [3.8, 4) is 16.1 Å². The van der Waals surface area contributed by atoms with Crippen LogP contribution >= 0.6 is 11.3 Å². The normalized spacial score (nSPS) is 12.1. The number of aromatic nitrogens is 2. The molecular formula is C36H39F2N5O5S. The average molecular weight is 692 g/mol. The smallest absolute Gasteiger partial charge is 0.337 e. The molecule has 0 aliphatic carbocycles. The Labute approximate surface area is 286 Å². The van der Waals surface area contributed by atoms with Crippen molar-refractivity contribution >= 4 is 33.3 Å². The minimum absolute atomic E-state index is 0.236. The van der Waals surface area contributed by atoms with E-state index in [1.165, 1.54) is 22.0 Å². The summed E-state index contributed by atoms with van der Waals surface area (Å²) in [5.41, 5.74) is 0.638. The molecule has 0 aliphatic rings. The molecule has 10 nitrogen and oxygen atoms in total. The van der Waals surface area contributed by atoms with E-state index < -0.39 is 29.4 Å². The van der Waals surface area contributed by atoms with Crippen LogP contribution in [0.15, 0.2) is 82.4 Å². The fourth-order valence-corrected chi connectivity index (χ4v) is 6.71. The summed E-state index contributed by atoms with van der Waals surface area (Å²) in [7, 11) is 1.86. The van der Waals surface area contributed by atoms with Gasteiger partial charge in [0.25, 0.3) is 5.56 Å². The first-order valence-electron chi connectivity index (χ1n) is 16.0. The number of urea groups is 1. The van der Waals surface area contributed by atoms with Crippen LogP contribution in [0.2, 0.25) is 0 Å². The molecule has 0 aliphatic heterocycles. The molecule has 3 aromatic carbocycles. The van der Waals surface area contributed by atoms with Crippen LogP contribution in [0.25, 0.3) is 26.3 Å². The van der Waals surface area contributed by atoms with Crippen LogP contribution in [0.3, 0.4) is 0 Å². The van der Waals surface area contributed by atoms with E-state index in [1.54, 1.807) is 42.5 Å². The molecule has 0 saturated heterocycles. The quantitative estimate of drug-likeness (QED) is 0.107. The molecule has 0 spiro atoms. The third-order valence-electron chi connectivity index (χ3n) is 8.03. The van der Waals surface area contributed by atoms with Crippen molar-refractivity contribution in [1.82, 2.24) is 19.4 Å². The van der Waals surface area contributed by atoms with Gasteiger partial charge in [0.1, 0.15) is 22.7 Å². The molecule has 13 heteroatoms. The predicted octanol–water partition coefficient (Wildman–Crippen LogP) is 6.18. The van der Waals surface area contributed by atoms with E-state index >= 15 is 8.78 Å². The number of nitrogens with one attached hydrogen (secondary N) is 2. The lowest BCUT2D eigenvalue weighted by Crippen LogP contribution is -2.39. The minimum Gasteiger partial charge on any atom is -0.379 e. The Morgan fingerprint density at radius 2 is 1.63 bits per heavy atom. The Morgan fingerprint density at radius 3 is 2.29 bits per heavy atom. The molecule has 0 saturated carbocycles. The molecule has 2 amide bonds. The fourth-order valence-electron chi connectivity index (χ4n) is 5.41. The summed E-state index contributed by atoms with van der Waals surface area (Å²) in [6.45, 7) is 7.24. The molecule has 0 radical (unpaired) electrons. The Hall–Kier alpha value is -4.69.